The molecule has 1 aliphatic heterocycles. The number of carbonyl (C=O) groups is 2. The van der Waals surface area contributed by atoms with E-state index in [1.165, 1.54) is 0 Å². The summed E-state index contributed by atoms with van der Waals surface area (Å²) in [5.41, 5.74) is 5.69. The number of hydrogen-bond acceptors (Lipinski definition) is 3. The fourth-order valence-electron chi connectivity index (χ4n) is 1.62. The van der Waals surface area contributed by atoms with Gasteiger partial charge in [-0.2, -0.15) is 0 Å². The lowest BCUT2D eigenvalue weighted by atomic mass is 10.3. The molecule has 0 radical (unpaired) electrons. The van der Waals surface area contributed by atoms with Crippen LogP contribution in [-0.2, 0) is 9.59 Å². The lowest BCUT2D eigenvalue weighted by molar-refractivity contribution is -0.132. The second-order valence-corrected chi connectivity index (χ2v) is 3.92. The molecular weight excluding hydrogens is 194 g/mol. The molecule has 1 atom stereocenters. The van der Waals surface area contributed by atoms with Gasteiger partial charge in [-0.3, -0.25) is 9.59 Å². The van der Waals surface area contributed by atoms with Gasteiger partial charge in [0, 0.05) is 25.6 Å². The van der Waals surface area contributed by atoms with Crippen molar-refractivity contribution in [2.45, 2.75) is 32.2 Å². The molecule has 0 spiro atoms. The van der Waals surface area contributed by atoms with Crippen LogP contribution < -0.4 is 11.1 Å². The van der Waals surface area contributed by atoms with Gasteiger partial charge in [0.05, 0.1) is 6.54 Å². The van der Waals surface area contributed by atoms with E-state index in [4.69, 9.17) is 5.73 Å². The summed E-state index contributed by atoms with van der Waals surface area (Å²) in [6.45, 7) is 3.36. The van der Waals surface area contributed by atoms with Gasteiger partial charge >= 0.3 is 0 Å². The Bertz CT molecular complexity index is 243. The number of hydrogen-bond donors (Lipinski definition) is 2. The maximum atomic E-state index is 11.6. The monoisotopic (exact) mass is 213 g/mol. The average molecular weight is 213 g/mol. The first kappa shape index (κ1) is 12.0. The highest BCUT2D eigenvalue weighted by atomic mass is 16.2. The molecule has 0 aromatic heterocycles. The topological polar surface area (TPSA) is 75.4 Å². The summed E-state index contributed by atoms with van der Waals surface area (Å²) in [5.74, 6) is -0.0956. The minimum atomic E-state index is -0.0608. The summed E-state index contributed by atoms with van der Waals surface area (Å²) >= 11 is 0. The third kappa shape index (κ3) is 3.87. The fourth-order valence-corrected chi connectivity index (χ4v) is 1.62. The Balaban J connectivity index is 2.21. The summed E-state index contributed by atoms with van der Waals surface area (Å²) < 4.78 is 0. The van der Waals surface area contributed by atoms with E-state index < -0.39 is 0 Å². The number of likely N-dealkylation sites (tertiary alicyclic amines) is 1. The second-order valence-electron chi connectivity index (χ2n) is 3.92. The molecule has 1 fully saturated rings. The summed E-state index contributed by atoms with van der Waals surface area (Å²) in [6, 6.07) is 0.0975. The molecule has 1 aliphatic rings. The van der Waals surface area contributed by atoms with E-state index in [0.717, 1.165) is 12.8 Å². The van der Waals surface area contributed by atoms with Crippen molar-refractivity contribution in [1.82, 2.24) is 10.2 Å². The Labute approximate surface area is 90.0 Å². The molecule has 86 valence electrons. The van der Waals surface area contributed by atoms with E-state index >= 15 is 0 Å². The van der Waals surface area contributed by atoms with Gasteiger partial charge in [-0.1, -0.05) is 6.92 Å². The highest BCUT2D eigenvalue weighted by Gasteiger charge is 2.23. The zero-order chi connectivity index (χ0) is 11.3. The number of rotatable bonds is 4. The quantitative estimate of drug-likeness (QED) is 0.658. The maximum Gasteiger partial charge on any atom is 0.242 e. The number of nitrogens with zero attached hydrogens (tertiary/aromatic N) is 1. The molecule has 15 heavy (non-hydrogen) atoms. The Kier molecular flexibility index (Phi) is 4.55. The third-order valence-corrected chi connectivity index (χ3v) is 2.49. The minimum absolute atomic E-state index is 0.0348. The van der Waals surface area contributed by atoms with Crippen LogP contribution in [0, 0.1) is 0 Å². The first-order valence-electron chi connectivity index (χ1n) is 5.43. The van der Waals surface area contributed by atoms with Crippen molar-refractivity contribution in [2.75, 3.05) is 19.6 Å². The average Bonchev–Trinajstić information content (AvgIpc) is 2.62. The van der Waals surface area contributed by atoms with Crippen LogP contribution in [0.3, 0.4) is 0 Å². The molecular formula is C10H19N3O2. The van der Waals surface area contributed by atoms with E-state index in [-0.39, 0.29) is 24.4 Å². The Hall–Kier alpha value is -1.10. The van der Waals surface area contributed by atoms with Crippen molar-refractivity contribution in [1.29, 1.82) is 0 Å². The van der Waals surface area contributed by atoms with Crippen LogP contribution in [0.15, 0.2) is 0 Å². The Morgan fingerprint density at radius 3 is 2.80 bits per heavy atom. The molecule has 1 saturated heterocycles. The van der Waals surface area contributed by atoms with E-state index in [0.29, 0.717) is 19.5 Å². The molecule has 0 aromatic rings. The first-order valence-corrected chi connectivity index (χ1v) is 5.43. The van der Waals surface area contributed by atoms with Crippen LogP contribution in [0.4, 0.5) is 0 Å². The van der Waals surface area contributed by atoms with Gasteiger partial charge in [0.2, 0.25) is 11.8 Å². The molecule has 5 heteroatoms. The second kappa shape index (κ2) is 5.70. The molecule has 0 saturated carbocycles. The van der Waals surface area contributed by atoms with Gasteiger partial charge in [-0.05, 0) is 12.8 Å². The predicted octanol–water partition coefficient (Wildman–Crippen LogP) is -0.538. The van der Waals surface area contributed by atoms with Gasteiger partial charge in [-0.15, -0.1) is 0 Å². The van der Waals surface area contributed by atoms with Crippen LogP contribution in [0.2, 0.25) is 0 Å². The van der Waals surface area contributed by atoms with E-state index in [1.54, 1.807) is 4.90 Å². The zero-order valence-electron chi connectivity index (χ0n) is 9.16. The van der Waals surface area contributed by atoms with Gasteiger partial charge in [-0.25, -0.2) is 0 Å². The molecule has 3 N–H and O–H groups in total. The lowest BCUT2D eigenvalue weighted by Gasteiger charge is -2.15. The SMILES string of the molecule is CCCC(=O)NCC(=O)N1CC[C@H](N)C1. The van der Waals surface area contributed by atoms with E-state index in [9.17, 15) is 9.59 Å². The van der Waals surface area contributed by atoms with Crippen LogP contribution in [0.5, 0.6) is 0 Å². The minimum Gasteiger partial charge on any atom is -0.347 e. The largest absolute Gasteiger partial charge is 0.347 e. The molecule has 2 amide bonds. The standard InChI is InChI=1S/C10H19N3O2/c1-2-3-9(14)12-6-10(15)13-5-4-8(11)7-13/h8H,2-7,11H2,1H3,(H,12,14)/t8-/m0/s1. The Morgan fingerprint density at radius 1 is 1.53 bits per heavy atom. The molecule has 0 aromatic carbocycles. The Morgan fingerprint density at radius 2 is 2.27 bits per heavy atom. The van der Waals surface area contributed by atoms with Gasteiger partial charge < -0.3 is 16.0 Å². The molecule has 1 rings (SSSR count). The lowest BCUT2D eigenvalue weighted by Crippen LogP contribution is -2.40. The highest BCUT2D eigenvalue weighted by molar-refractivity contribution is 5.84. The fraction of sp³-hybridized carbons (Fsp3) is 0.800. The van der Waals surface area contributed by atoms with Crippen molar-refractivity contribution < 1.29 is 9.59 Å². The number of carbonyl (C=O) groups excluding carboxylic acids is 2. The predicted molar refractivity (Wildman–Crippen MR) is 57.1 cm³/mol. The van der Waals surface area contributed by atoms with Gasteiger partial charge in [0.15, 0.2) is 0 Å². The number of nitrogens with one attached hydrogen (secondary N) is 1. The molecule has 0 unspecified atom stereocenters. The number of nitrogens with two attached hydrogens (primary N) is 1. The van der Waals surface area contributed by atoms with E-state index in [1.807, 2.05) is 6.92 Å². The van der Waals surface area contributed by atoms with Gasteiger partial charge in [0.1, 0.15) is 0 Å². The maximum absolute atomic E-state index is 11.6. The molecule has 0 aliphatic carbocycles. The van der Waals surface area contributed by atoms with Crippen LogP contribution in [0.1, 0.15) is 26.2 Å². The summed E-state index contributed by atoms with van der Waals surface area (Å²) in [5, 5.41) is 2.60. The van der Waals surface area contributed by atoms with Gasteiger partial charge in [0.25, 0.3) is 0 Å². The molecule has 0 bridgehead atoms. The normalized spacial score (nSPS) is 20.4. The van der Waals surface area contributed by atoms with Crippen molar-refractivity contribution >= 4 is 11.8 Å². The number of amides is 2. The van der Waals surface area contributed by atoms with Crippen molar-refractivity contribution in [3.63, 3.8) is 0 Å². The van der Waals surface area contributed by atoms with Crippen LogP contribution in [0.25, 0.3) is 0 Å². The molecule has 1 heterocycles. The highest BCUT2D eigenvalue weighted by Crippen LogP contribution is 2.06. The van der Waals surface area contributed by atoms with Crippen molar-refractivity contribution in [3.05, 3.63) is 0 Å². The smallest absolute Gasteiger partial charge is 0.242 e. The summed E-state index contributed by atoms with van der Waals surface area (Å²) in [6.07, 6.45) is 2.13. The van der Waals surface area contributed by atoms with Crippen molar-refractivity contribution in [2.24, 2.45) is 5.73 Å². The third-order valence-electron chi connectivity index (χ3n) is 2.49. The van der Waals surface area contributed by atoms with Crippen LogP contribution in [-0.4, -0.2) is 42.4 Å². The summed E-state index contributed by atoms with van der Waals surface area (Å²) in [7, 11) is 0. The van der Waals surface area contributed by atoms with Crippen molar-refractivity contribution in [3.8, 4) is 0 Å². The summed E-state index contributed by atoms with van der Waals surface area (Å²) in [4.78, 5) is 24.4. The van der Waals surface area contributed by atoms with E-state index in [2.05, 4.69) is 5.32 Å². The first-order chi connectivity index (χ1) is 7.13. The zero-order valence-corrected chi connectivity index (χ0v) is 9.16. The van der Waals surface area contributed by atoms with Crippen LogP contribution >= 0.6 is 0 Å². The molecule has 5 nitrogen and oxygen atoms in total.